The number of urea groups is 1. The van der Waals surface area contributed by atoms with Crippen LogP contribution < -0.4 is 15.8 Å². The summed E-state index contributed by atoms with van der Waals surface area (Å²) in [4.78, 5) is 12.3. The molecule has 1 fully saturated rings. The Balaban J connectivity index is 1.67. The van der Waals surface area contributed by atoms with E-state index in [0.29, 0.717) is 24.3 Å². The summed E-state index contributed by atoms with van der Waals surface area (Å²) in [5, 5.41) is 10.2. The van der Waals surface area contributed by atoms with Gasteiger partial charge in [0.15, 0.2) is 0 Å². The predicted molar refractivity (Wildman–Crippen MR) is 113 cm³/mol. The number of rotatable bonds is 6. The Morgan fingerprint density at radius 3 is 2.20 bits per heavy atom. The standard InChI is InChI=1S/C19H24N4O5S2/c20-29(25,26)17-10-8-16(9-11-17)22-19(24)21-14-15-6-2-3-7-18(15)30(27,28)23-12-4-1-5-13-23/h2-3,6-11H,1,4-5,12-14H2,(H2,20,25,26)(H2,21,22,24). The van der Waals surface area contributed by atoms with Crippen molar-refractivity contribution in [3.63, 3.8) is 0 Å². The smallest absolute Gasteiger partial charge is 0.319 e. The maximum atomic E-state index is 13.0. The molecule has 9 nitrogen and oxygen atoms in total. The Labute approximate surface area is 176 Å². The molecule has 2 amide bonds. The fraction of sp³-hybridized carbons (Fsp3) is 0.316. The molecule has 0 aliphatic carbocycles. The van der Waals surface area contributed by atoms with E-state index in [2.05, 4.69) is 10.6 Å². The molecule has 2 aromatic carbocycles. The van der Waals surface area contributed by atoms with Crippen molar-refractivity contribution >= 4 is 31.8 Å². The zero-order valence-electron chi connectivity index (χ0n) is 16.2. The van der Waals surface area contributed by atoms with E-state index in [1.165, 1.54) is 28.6 Å². The van der Waals surface area contributed by atoms with Gasteiger partial charge in [0.05, 0.1) is 9.79 Å². The van der Waals surface area contributed by atoms with E-state index in [1.807, 2.05) is 0 Å². The first kappa shape index (κ1) is 22.2. The lowest BCUT2D eigenvalue weighted by atomic mass is 10.2. The molecule has 11 heteroatoms. The zero-order valence-corrected chi connectivity index (χ0v) is 17.9. The number of carbonyl (C=O) groups excluding carboxylic acids is 1. The number of primary sulfonamides is 1. The first-order chi connectivity index (χ1) is 14.2. The molecule has 0 saturated carbocycles. The Morgan fingerprint density at radius 1 is 0.933 bits per heavy atom. The van der Waals surface area contributed by atoms with Gasteiger partial charge in [-0.05, 0) is 48.7 Å². The molecule has 0 radical (unpaired) electrons. The van der Waals surface area contributed by atoms with Crippen molar-refractivity contribution in [2.75, 3.05) is 18.4 Å². The number of piperidine rings is 1. The number of carbonyl (C=O) groups is 1. The first-order valence-corrected chi connectivity index (χ1v) is 12.4. The number of nitrogens with one attached hydrogen (secondary N) is 2. The minimum atomic E-state index is -3.81. The van der Waals surface area contributed by atoms with Crippen molar-refractivity contribution in [3.8, 4) is 0 Å². The lowest BCUT2D eigenvalue weighted by Crippen LogP contribution is -2.36. The Bertz CT molecular complexity index is 1110. The maximum Gasteiger partial charge on any atom is 0.319 e. The fourth-order valence-electron chi connectivity index (χ4n) is 3.22. The average Bonchev–Trinajstić information content (AvgIpc) is 2.73. The lowest BCUT2D eigenvalue weighted by molar-refractivity contribution is 0.251. The van der Waals surface area contributed by atoms with Crippen molar-refractivity contribution < 1.29 is 21.6 Å². The van der Waals surface area contributed by atoms with Crippen molar-refractivity contribution in [1.82, 2.24) is 9.62 Å². The molecule has 162 valence electrons. The molecular formula is C19H24N4O5S2. The van der Waals surface area contributed by atoms with Crippen molar-refractivity contribution in [1.29, 1.82) is 0 Å². The van der Waals surface area contributed by atoms with Crippen LogP contribution in [-0.4, -0.2) is 40.3 Å². The Hall–Kier alpha value is -2.47. The number of nitrogens with zero attached hydrogens (tertiary/aromatic N) is 1. The third-order valence-corrected chi connectivity index (χ3v) is 7.71. The van der Waals surface area contributed by atoms with E-state index in [-0.39, 0.29) is 16.3 Å². The number of sulfonamides is 2. The van der Waals surface area contributed by atoms with Gasteiger partial charge < -0.3 is 10.6 Å². The van der Waals surface area contributed by atoms with E-state index >= 15 is 0 Å². The number of anilines is 1. The highest BCUT2D eigenvalue weighted by molar-refractivity contribution is 7.89. The van der Waals surface area contributed by atoms with E-state index in [4.69, 9.17) is 5.14 Å². The highest BCUT2D eigenvalue weighted by Crippen LogP contribution is 2.23. The summed E-state index contributed by atoms with van der Waals surface area (Å²) in [6.07, 6.45) is 2.70. The average molecular weight is 453 g/mol. The first-order valence-electron chi connectivity index (χ1n) is 9.44. The summed E-state index contributed by atoms with van der Waals surface area (Å²) in [5.74, 6) is 0. The Kier molecular flexibility index (Phi) is 6.76. The van der Waals surface area contributed by atoms with Crippen LogP contribution in [0.5, 0.6) is 0 Å². The van der Waals surface area contributed by atoms with Crippen LogP contribution in [0.4, 0.5) is 10.5 Å². The molecule has 1 saturated heterocycles. The van der Waals surface area contributed by atoms with E-state index in [9.17, 15) is 21.6 Å². The molecule has 0 aromatic heterocycles. The second-order valence-electron chi connectivity index (χ2n) is 6.95. The molecular weight excluding hydrogens is 428 g/mol. The van der Waals surface area contributed by atoms with Gasteiger partial charge in [-0.25, -0.2) is 26.8 Å². The summed E-state index contributed by atoms with van der Waals surface area (Å²) in [5.41, 5.74) is 0.858. The SMILES string of the molecule is NS(=O)(=O)c1ccc(NC(=O)NCc2ccccc2S(=O)(=O)N2CCCCC2)cc1. The van der Waals surface area contributed by atoms with E-state index < -0.39 is 26.1 Å². The third-order valence-electron chi connectivity index (χ3n) is 4.79. The Morgan fingerprint density at radius 2 is 1.57 bits per heavy atom. The molecule has 0 atom stereocenters. The van der Waals surface area contributed by atoms with Gasteiger partial charge in [-0.2, -0.15) is 4.31 Å². The largest absolute Gasteiger partial charge is 0.334 e. The number of hydrogen-bond acceptors (Lipinski definition) is 5. The summed E-state index contributed by atoms with van der Waals surface area (Å²) in [6, 6.07) is 11.4. The van der Waals surface area contributed by atoms with Crippen molar-refractivity contribution in [3.05, 3.63) is 54.1 Å². The normalized spacial score (nSPS) is 15.5. The number of benzene rings is 2. The minimum Gasteiger partial charge on any atom is -0.334 e. The second-order valence-corrected chi connectivity index (χ2v) is 10.4. The molecule has 0 bridgehead atoms. The molecule has 1 heterocycles. The van der Waals surface area contributed by atoms with Gasteiger partial charge >= 0.3 is 6.03 Å². The number of amides is 2. The van der Waals surface area contributed by atoms with Gasteiger partial charge in [0, 0.05) is 25.3 Å². The van der Waals surface area contributed by atoms with Crippen molar-refractivity contribution in [2.24, 2.45) is 5.14 Å². The molecule has 0 spiro atoms. The lowest BCUT2D eigenvalue weighted by Gasteiger charge is -2.26. The monoisotopic (exact) mass is 452 g/mol. The van der Waals surface area contributed by atoms with Gasteiger partial charge in [0.2, 0.25) is 20.0 Å². The predicted octanol–water partition coefficient (Wildman–Crippen LogP) is 1.83. The summed E-state index contributed by atoms with van der Waals surface area (Å²) >= 11 is 0. The van der Waals surface area contributed by atoms with Gasteiger partial charge in [-0.1, -0.05) is 24.6 Å². The summed E-state index contributed by atoms with van der Waals surface area (Å²) in [7, 11) is -7.44. The summed E-state index contributed by atoms with van der Waals surface area (Å²) < 4.78 is 50.0. The van der Waals surface area contributed by atoms with Gasteiger partial charge in [0.1, 0.15) is 0 Å². The minimum absolute atomic E-state index is 0.0182. The number of hydrogen-bond donors (Lipinski definition) is 3. The van der Waals surface area contributed by atoms with E-state index in [0.717, 1.165) is 19.3 Å². The quantitative estimate of drug-likeness (QED) is 0.614. The van der Waals surface area contributed by atoms with Crippen LogP contribution in [0.1, 0.15) is 24.8 Å². The molecule has 1 aliphatic heterocycles. The van der Waals surface area contributed by atoms with Crippen LogP contribution in [0.25, 0.3) is 0 Å². The maximum absolute atomic E-state index is 13.0. The molecule has 3 rings (SSSR count). The highest BCUT2D eigenvalue weighted by atomic mass is 32.2. The fourth-order valence-corrected chi connectivity index (χ4v) is 5.48. The number of nitrogens with two attached hydrogens (primary N) is 1. The summed E-state index contributed by atoms with van der Waals surface area (Å²) in [6.45, 7) is 1.02. The van der Waals surface area contributed by atoms with Crippen LogP contribution in [0.2, 0.25) is 0 Å². The molecule has 2 aromatic rings. The molecule has 4 N–H and O–H groups in total. The van der Waals surface area contributed by atoms with Crippen molar-refractivity contribution in [2.45, 2.75) is 35.6 Å². The topological polar surface area (TPSA) is 139 Å². The van der Waals surface area contributed by atoms with E-state index in [1.54, 1.807) is 24.3 Å². The van der Waals surface area contributed by atoms with Crippen LogP contribution >= 0.6 is 0 Å². The second kappa shape index (κ2) is 9.13. The zero-order chi connectivity index (χ0) is 21.8. The van der Waals surface area contributed by atoms with Gasteiger partial charge in [-0.15, -0.1) is 0 Å². The van der Waals surface area contributed by atoms with Gasteiger partial charge in [-0.3, -0.25) is 0 Å². The molecule has 1 aliphatic rings. The van der Waals surface area contributed by atoms with Gasteiger partial charge in [0.25, 0.3) is 0 Å². The molecule has 30 heavy (non-hydrogen) atoms. The third kappa shape index (κ3) is 5.36. The highest BCUT2D eigenvalue weighted by Gasteiger charge is 2.27. The van der Waals surface area contributed by atoms with Crippen LogP contribution in [0.3, 0.4) is 0 Å². The van der Waals surface area contributed by atoms with Crippen LogP contribution in [-0.2, 0) is 26.6 Å². The van der Waals surface area contributed by atoms with Crippen LogP contribution in [0, 0.1) is 0 Å². The van der Waals surface area contributed by atoms with Crippen LogP contribution in [0.15, 0.2) is 58.3 Å². The molecule has 0 unspecified atom stereocenters.